The zero-order valence-corrected chi connectivity index (χ0v) is 18.6. The standard InChI is InChI=1S/C24H29ClN2O4/c1-2-31-19-9-7-18(8-10-19)23(28)11-12-24(29)26-17-22(27-13-15-30-16-14-27)20-5-3-4-6-21(20)25/h3-10,22H,2,11-17H2,1H3,(H,26,29). The van der Waals surface area contributed by atoms with Crippen molar-refractivity contribution in [3.05, 3.63) is 64.7 Å². The van der Waals surface area contributed by atoms with Gasteiger partial charge in [-0.15, -0.1) is 0 Å². The van der Waals surface area contributed by atoms with Gasteiger partial charge in [-0.25, -0.2) is 0 Å². The minimum atomic E-state index is -0.149. The fourth-order valence-corrected chi connectivity index (χ4v) is 3.91. The first-order chi connectivity index (χ1) is 15.1. The number of hydrogen-bond donors (Lipinski definition) is 1. The van der Waals surface area contributed by atoms with Crippen molar-refractivity contribution < 1.29 is 19.1 Å². The molecule has 1 fully saturated rings. The summed E-state index contributed by atoms with van der Waals surface area (Å²) in [6.45, 7) is 5.79. The Labute approximate surface area is 188 Å². The second-order valence-corrected chi connectivity index (χ2v) is 7.78. The third-order valence-corrected chi connectivity index (χ3v) is 5.65. The number of carbonyl (C=O) groups is 2. The van der Waals surface area contributed by atoms with Gasteiger partial charge in [-0.2, -0.15) is 0 Å². The highest BCUT2D eigenvalue weighted by molar-refractivity contribution is 6.31. The van der Waals surface area contributed by atoms with E-state index in [1.54, 1.807) is 24.3 Å². The number of Topliss-reactive ketones (excluding diaryl/α,β-unsaturated/α-hetero) is 1. The van der Waals surface area contributed by atoms with Gasteiger partial charge in [0.1, 0.15) is 5.75 Å². The molecule has 6 nitrogen and oxygen atoms in total. The molecule has 7 heteroatoms. The minimum absolute atomic E-state index is 0.0386. The summed E-state index contributed by atoms with van der Waals surface area (Å²) in [7, 11) is 0. The van der Waals surface area contributed by atoms with E-state index in [1.807, 2.05) is 31.2 Å². The van der Waals surface area contributed by atoms with Crippen molar-refractivity contribution in [2.75, 3.05) is 39.5 Å². The molecule has 0 aliphatic carbocycles. The molecule has 1 saturated heterocycles. The summed E-state index contributed by atoms with van der Waals surface area (Å²) in [4.78, 5) is 27.1. The van der Waals surface area contributed by atoms with Gasteiger partial charge in [-0.05, 0) is 42.8 Å². The summed E-state index contributed by atoms with van der Waals surface area (Å²) < 4.78 is 10.9. The van der Waals surface area contributed by atoms with Crippen molar-refractivity contribution in [1.82, 2.24) is 10.2 Å². The van der Waals surface area contributed by atoms with Crippen LogP contribution < -0.4 is 10.1 Å². The molecule has 1 aliphatic rings. The predicted molar refractivity (Wildman–Crippen MR) is 121 cm³/mol. The number of amides is 1. The Kier molecular flexibility index (Phi) is 8.88. The lowest BCUT2D eigenvalue weighted by atomic mass is 10.0. The van der Waals surface area contributed by atoms with Crippen LogP contribution in [0, 0.1) is 0 Å². The zero-order valence-electron chi connectivity index (χ0n) is 17.8. The zero-order chi connectivity index (χ0) is 22.1. The molecule has 1 amide bonds. The van der Waals surface area contributed by atoms with Crippen molar-refractivity contribution in [2.24, 2.45) is 0 Å². The fraction of sp³-hybridized carbons (Fsp3) is 0.417. The molecule has 0 aromatic heterocycles. The number of ketones is 1. The Balaban J connectivity index is 1.54. The number of hydrogen-bond acceptors (Lipinski definition) is 5. The summed E-state index contributed by atoms with van der Waals surface area (Å²) >= 11 is 6.43. The van der Waals surface area contributed by atoms with Crippen molar-refractivity contribution >= 4 is 23.3 Å². The lowest BCUT2D eigenvalue weighted by Crippen LogP contribution is -2.44. The van der Waals surface area contributed by atoms with Gasteiger partial charge in [0.25, 0.3) is 0 Å². The van der Waals surface area contributed by atoms with E-state index < -0.39 is 0 Å². The number of morpholine rings is 1. The molecule has 0 spiro atoms. The van der Waals surface area contributed by atoms with Crippen molar-refractivity contribution in [1.29, 1.82) is 0 Å². The number of ether oxygens (including phenoxy) is 2. The first-order valence-electron chi connectivity index (χ1n) is 10.7. The Hall–Kier alpha value is -2.41. The highest BCUT2D eigenvalue weighted by atomic mass is 35.5. The van der Waals surface area contributed by atoms with Gasteiger partial charge in [0.05, 0.1) is 25.9 Å². The van der Waals surface area contributed by atoms with Crippen molar-refractivity contribution in [2.45, 2.75) is 25.8 Å². The summed E-state index contributed by atoms with van der Waals surface area (Å²) in [6.07, 6.45) is 0.304. The van der Waals surface area contributed by atoms with Crippen LogP contribution in [0.15, 0.2) is 48.5 Å². The molecule has 1 N–H and O–H groups in total. The second kappa shape index (κ2) is 11.8. The number of nitrogens with zero attached hydrogens (tertiary/aromatic N) is 1. The van der Waals surface area contributed by atoms with Crippen LogP contribution in [0.25, 0.3) is 0 Å². The summed E-state index contributed by atoms with van der Waals surface area (Å²) in [5.74, 6) is 0.518. The Morgan fingerprint density at radius 3 is 2.48 bits per heavy atom. The van der Waals surface area contributed by atoms with Crippen LogP contribution in [0.4, 0.5) is 0 Å². The number of nitrogens with one attached hydrogen (secondary N) is 1. The number of benzene rings is 2. The van der Waals surface area contributed by atoms with Crippen LogP contribution >= 0.6 is 11.6 Å². The van der Waals surface area contributed by atoms with Gasteiger partial charge >= 0.3 is 0 Å². The molecule has 0 saturated carbocycles. The van der Waals surface area contributed by atoms with Crippen LogP contribution in [0.2, 0.25) is 5.02 Å². The third kappa shape index (κ3) is 6.79. The first-order valence-corrected chi connectivity index (χ1v) is 11.0. The summed E-state index contributed by atoms with van der Waals surface area (Å²) in [5.41, 5.74) is 1.57. The van der Waals surface area contributed by atoms with E-state index >= 15 is 0 Å². The fourth-order valence-electron chi connectivity index (χ4n) is 3.64. The Morgan fingerprint density at radius 2 is 1.81 bits per heavy atom. The maximum Gasteiger partial charge on any atom is 0.220 e. The van der Waals surface area contributed by atoms with Gasteiger partial charge in [-0.1, -0.05) is 29.8 Å². The molecule has 1 atom stereocenters. The summed E-state index contributed by atoms with van der Waals surface area (Å²) in [5, 5.41) is 3.67. The Morgan fingerprint density at radius 1 is 1.10 bits per heavy atom. The minimum Gasteiger partial charge on any atom is -0.494 e. The molecule has 2 aromatic carbocycles. The molecule has 1 unspecified atom stereocenters. The number of halogens is 1. The highest BCUT2D eigenvalue weighted by Crippen LogP contribution is 2.27. The van der Waals surface area contributed by atoms with Crippen LogP contribution in [0.5, 0.6) is 5.75 Å². The van der Waals surface area contributed by atoms with Gasteiger partial charge < -0.3 is 14.8 Å². The van der Waals surface area contributed by atoms with E-state index in [1.165, 1.54) is 0 Å². The largest absolute Gasteiger partial charge is 0.494 e. The predicted octanol–water partition coefficient (Wildman–Crippen LogP) is 3.89. The van der Waals surface area contributed by atoms with Gasteiger partial charge in [0.2, 0.25) is 5.91 Å². The average molecular weight is 445 g/mol. The van der Waals surface area contributed by atoms with E-state index in [2.05, 4.69) is 10.2 Å². The smallest absolute Gasteiger partial charge is 0.220 e. The van der Waals surface area contributed by atoms with Crippen molar-refractivity contribution in [3.8, 4) is 5.75 Å². The van der Waals surface area contributed by atoms with Crippen LogP contribution in [0.3, 0.4) is 0 Å². The normalized spacial score (nSPS) is 15.3. The lowest BCUT2D eigenvalue weighted by Gasteiger charge is -2.35. The topological polar surface area (TPSA) is 67.9 Å². The SMILES string of the molecule is CCOc1ccc(C(=O)CCC(=O)NCC(c2ccccc2Cl)N2CCOCC2)cc1. The van der Waals surface area contributed by atoms with E-state index in [-0.39, 0.29) is 30.6 Å². The number of carbonyl (C=O) groups excluding carboxylic acids is 2. The second-order valence-electron chi connectivity index (χ2n) is 7.37. The molecular formula is C24H29ClN2O4. The van der Waals surface area contributed by atoms with Crippen LogP contribution in [0.1, 0.15) is 41.7 Å². The quantitative estimate of drug-likeness (QED) is 0.563. The Bertz CT molecular complexity index is 866. The maximum atomic E-state index is 12.5. The molecule has 1 heterocycles. The molecule has 31 heavy (non-hydrogen) atoms. The monoisotopic (exact) mass is 444 g/mol. The van der Waals surface area contributed by atoms with Crippen LogP contribution in [-0.2, 0) is 9.53 Å². The van der Waals surface area contributed by atoms with Gasteiger partial charge in [0.15, 0.2) is 5.78 Å². The average Bonchev–Trinajstić information content (AvgIpc) is 2.80. The van der Waals surface area contributed by atoms with Gasteiger partial charge in [-0.3, -0.25) is 14.5 Å². The molecule has 3 rings (SSSR count). The van der Waals surface area contributed by atoms with Crippen LogP contribution in [-0.4, -0.2) is 56.0 Å². The summed E-state index contributed by atoms with van der Waals surface area (Å²) in [6, 6.07) is 14.7. The molecule has 1 aliphatic heterocycles. The van der Waals surface area contributed by atoms with E-state index in [0.717, 1.165) is 24.4 Å². The molecule has 166 valence electrons. The highest BCUT2D eigenvalue weighted by Gasteiger charge is 2.25. The van der Waals surface area contributed by atoms with E-state index in [0.29, 0.717) is 37.0 Å². The first kappa shape index (κ1) is 23.3. The van der Waals surface area contributed by atoms with Crippen molar-refractivity contribution in [3.63, 3.8) is 0 Å². The lowest BCUT2D eigenvalue weighted by molar-refractivity contribution is -0.121. The van der Waals surface area contributed by atoms with E-state index in [9.17, 15) is 9.59 Å². The number of rotatable bonds is 10. The maximum absolute atomic E-state index is 12.5. The molecule has 2 aromatic rings. The molecule has 0 radical (unpaired) electrons. The molecular weight excluding hydrogens is 416 g/mol. The van der Waals surface area contributed by atoms with Gasteiger partial charge in [0, 0.05) is 43.1 Å². The molecule has 0 bridgehead atoms. The van der Waals surface area contributed by atoms with E-state index in [4.69, 9.17) is 21.1 Å². The third-order valence-electron chi connectivity index (χ3n) is 5.31.